The summed E-state index contributed by atoms with van der Waals surface area (Å²) in [4.78, 5) is 24.5. The van der Waals surface area contributed by atoms with Crippen molar-refractivity contribution in [2.24, 2.45) is 0 Å². The van der Waals surface area contributed by atoms with E-state index in [2.05, 4.69) is 47.2 Å². The number of hydrogen-bond acceptors (Lipinski definition) is 4. The fourth-order valence-electron chi connectivity index (χ4n) is 5.24. The van der Waals surface area contributed by atoms with Crippen molar-refractivity contribution < 1.29 is 4.79 Å². The quantitative estimate of drug-likeness (QED) is 0.704. The van der Waals surface area contributed by atoms with Gasteiger partial charge in [0, 0.05) is 30.3 Å². The van der Waals surface area contributed by atoms with Gasteiger partial charge in [-0.05, 0) is 61.8 Å². The lowest BCUT2D eigenvalue weighted by Gasteiger charge is -2.40. The summed E-state index contributed by atoms with van der Waals surface area (Å²) in [7, 11) is 0. The van der Waals surface area contributed by atoms with E-state index in [0.717, 1.165) is 55.5 Å². The number of nitrogen functional groups attached to an aromatic ring is 1. The van der Waals surface area contributed by atoms with Gasteiger partial charge in [0.2, 0.25) is 5.95 Å². The topological polar surface area (TPSA) is 72.1 Å². The minimum absolute atomic E-state index is 0.0911. The van der Waals surface area contributed by atoms with Gasteiger partial charge in [-0.2, -0.15) is 0 Å². The lowest BCUT2D eigenvalue weighted by atomic mass is 9.77. The van der Waals surface area contributed by atoms with Gasteiger partial charge < -0.3 is 10.6 Å². The Hall–Kier alpha value is -3.21. The number of fused-ring (bicyclic) bond motifs is 2. The Balaban J connectivity index is 1.41. The highest BCUT2D eigenvalue weighted by Gasteiger charge is 2.44. The van der Waals surface area contributed by atoms with Crippen LogP contribution in [-0.4, -0.2) is 33.9 Å². The van der Waals surface area contributed by atoms with Gasteiger partial charge >= 0.3 is 0 Å². The maximum Gasteiger partial charge on any atom is 0.254 e. The highest BCUT2D eigenvalue weighted by molar-refractivity contribution is 5.96. The van der Waals surface area contributed by atoms with Crippen LogP contribution in [0.3, 0.4) is 0 Å². The third-order valence-corrected chi connectivity index (χ3v) is 6.89. The largest absolute Gasteiger partial charge is 0.368 e. The summed E-state index contributed by atoms with van der Waals surface area (Å²) in [6, 6.07) is 16.6. The zero-order chi connectivity index (χ0) is 21.4. The molecule has 5 heteroatoms. The molecule has 0 saturated carbocycles. The number of anilines is 1. The lowest BCUT2D eigenvalue weighted by molar-refractivity contribution is 0.0632. The molecule has 0 radical (unpaired) electrons. The Labute approximate surface area is 183 Å². The third kappa shape index (κ3) is 3.69. The van der Waals surface area contributed by atoms with Crippen molar-refractivity contribution >= 4 is 11.9 Å². The number of nitrogens with two attached hydrogens (primary N) is 1. The van der Waals surface area contributed by atoms with Crippen LogP contribution in [-0.2, 0) is 18.3 Å². The molecule has 2 aliphatic rings. The average Bonchev–Trinajstić information content (AvgIpc) is 3.12. The van der Waals surface area contributed by atoms with Crippen molar-refractivity contribution in [1.29, 1.82) is 0 Å². The molecule has 1 unspecified atom stereocenters. The van der Waals surface area contributed by atoms with Crippen LogP contribution >= 0.6 is 0 Å². The summed E-state index contributed by atoms with van der Waals surface area (Å²) in [6.45, 7) is 3.58. The molecule has 1 aromatic heterocycles. The Bertz CT molecular complexity index is 1120. The molecular formula is C26H28N4O. The van der Waals surface area contributed by atoms with Crippen LogP contribution in [0.1, 0.15) is 57.6 Å². The Morgan fingerprint density at radius 3 is 2.77 bits per heavy atom. The van der Waals surface area contributed by atoms with Crippen molar-refractivity contribution in [3.63, 3.8) is 0 Å². The van der Waals surface area contributed by atoms with E-state index in [-0.39, 0.29) is 11.3 Å². The number of aromatic nitrogens is 2. The van der Waals surface area contributed by atoms with Gasteiger partial charge in [-0.25, -0.2) is 9.97 Å². The minimum atomic E-state index is -0.0911. The molecule has 5 nitrogen and oxygen atoms in total. The number of nitrogens with zero attached hydrogens (tertiary/aromatic N) is 3. The number of amides is 1. The molecule has 1 saturated heterocycles. The van der Waals surface area contributed by atoms with Gasteiger partial charge in [0.25, 0.3) is 5.91 Å². The molecular weight excluding hydrogens is 384 g/mol. The van der Waals surface area contributed by atoms with Crippen LogP contribution in [0.2, 0.25) is 0 Å². The molecule has 2 aromatic carbocycles. The molecule has 158 valence electrons. The molecule has 31 heavy (non-hydrogen) atoms. The van der Waals surface area contributed by atoms with Gasteiger partial charge in [0.1, 0.15) is 0 Å². The van der Waals surface area contributed by atoms with Crippen molar-refractivity contribution in [1.82, 2.24) is 14.9 Å². The van der Waals surface area contributed by atoms with E-state index in [4.69, 9.17) is 5.73 Å². The van der Waals surface area contributed by atoms with E-state index in [0.29, 0.717) is 12.5 Å². The van der Waals surface area contributed by atoms with Crippen LogP contribution in [0.5, 0.6) is 0 Å². The fraction of sp³-hybridized carbons (Fsp3) is 0.346. The van der Waals surface area contributed by atoms with Crippen molar-refractivity contribution in [2.75, 3.05) is 18.8 Å². The van der Waals surface area contributed by atoms with Gasteiger partial charge in [-0.15, -0.1) is 0 Å². The summed E-state index contributed by atoms with van der Waals surface area (Å²) in [5.41, 5.74) is 12.4. The summed E-state index contributed by atoms with van der Waals surface area (Å²) >= 11 is 0. The summed E-state index contributed by atoms with van der Waals surface area (Å²) in [6.07, 6.45) is 6.62. The first-order chi connectivity index (χ1) is 15.0. The number of benzene rings is 2. The molecule has 0 bridgehead atoms. The Kier molecular flexibility index (Phi) is 4.97. The molecule has 1 atom stereocenters. The second kappa shape index (κ2) is 7.80. The van der Waals surface area contributed by atoms with Crippen LogP contribution in [0.4, 0.5) is 5.95 Å². The number of carbonyl (C=O) groups excluding carboxylic acids is 1. The predicted molar refractivity (Wildman–Crippen MR) is 122 cm³/mol. The number of likely N-dealkylation sites (tertiary alicyclic amines) is 1. The maximum atomic E-state index is 13.7. The van der Waals surface area contributed by atoms with E-state index in [1.54, 1.807) is 0 Å². The first-order valence-electron chi connectivity index (χ1n) is 11.1. The zero-order valence-electron chi connectivity index (χ0n) is 18.0. The number of piperidine rings is 1. The Morgan fingerprint density at radius 2 is 1.94 bits per heavy atom. The fourth-order valence-corrected chi connectivity index (χ4v) is 5.24. The van der Waals surface area contributed by atoms with Gasteiger partial charge in [-0.1, -0.05) is 48.0 Å². The second-order valence-electron chi connectivity index (χ2n) is 9.03. The van der Waals surface area contributed by atoms with Crippen molar-refractivity contribution in [3.05, 3.63) is 88.2 Å². The van der Waals surface area contributed by atoms with Gasteiger partial charge in [0.05, 0.1) is 5.69 Å². The van der Waals surface area contributed by atoms with Crippen LogP contribution in [0, 0.1) is 6.92 Å². The number of hydrogen-bond donors (Lipinski definition) is 1. The van der Waals surface area contributed by atoms with E-state index in [1.165, 1.54) is 16.7 Å². The third-order valence-electron chi connectivity index (χ3n) is 6.89. The second-order valence-corrected chi connectivity index (χ2v) is 9.03. The standard InChI is InChI=1S/C26H28N4O/c1-18-7-9-19(10-8-18)15-20-5-2-3-6-22(20)24(31)30-14-4-12-26(17-30)13-11-21-16-28-25(27)29-23(21)26/h2-3,5-10,16H,4,11-15,17H2,1H3,(H2,27,28,29). The van der Waals surface area contributed by atoms with Crippen molar-refractivity contribution in [2.45, 2.75) is 44.4 Å². The molecule has 1 aliphatic carbocycles. The smallest absolute Gasteiger partial charge is 0.254 e. The van der Waals surface area contributed by atoms with E-state index < -0.39 is 0 Å². The van der Waals surface area contributed by atoms with E-state index >= 15 is 0 Å². The monoisotopic (exact) mass is 412 g/mol. The van der Waals surface area contributed by atoms with E-state index in [1.807, 2.05) is 29.3 Å². The normalized spacial score (nSPS) is 20.1. The first-order valence-corrected chi connectivity index (χ1v) is 11.1. The highest BCUT2D eigenvalue weighted by atomic mass is 16.2. The average molecular weight is 413 g/mol. The molecule has 1 fully saturated rings. The van der Waals surface area contributed by atoms with Crippen molar-refractivity contribution in [3.8, 4) is 0 Å². The molecule has 1 spiro atoms. The molecule has 2 heterocycles. The number of carbonyl (C=O) groups is 1. The predicted octanol–water partition coefficient (Wildman–Crippen LogP) is 4.08. The highest BCUT2D eigenvalue weighted by Crippen LogP contribution is 2.44. The molecule has 5 rings (SSSR count). The molecule has 2 N–H and O–H groups in total. The molecule has 1 aliphatic heterocycles. The summed E-state index contributed by atoms with van der Waals surface area (Å²) in [5, 5.41) is 0. The summed E-state index contributed by atoms with van der Waals surface area (Å²) in [5.74, 6) is 0.448. The number of aryl methyl sites for hydroxylation is 2. The van der Waals surface area contributed by atoms with Gasteiger partial charge in [-0.3, -0.25) is 4.79 Å². The zero-order valence-corrected chi connectivity index (χ0v) is 18.0. The summed E-state index contributed by atoms with van der Waals surface area (Å²) < 4.78 is 0. The minimum Gasteiger partial charge on any atom is -0.368 e. The number of rotatable bonds is 3. The van der Waals surface area contributed by atoms with Gasteiger partial charge in [0.15, 0.2) is 0 Å². The maximum absolute atomic E-state index is 13.7. The van der Waals surface area contributed by atoms with E-state index in [9.17, 15) is 4.79 Å². The van der Waals surface area contributed by atoms with Crippen LogP contribution in [0.25, 0.3) is 0 Å². The Morgan fingerprint density at radius 1 is 1.13 bits per heavy atom. The van der Waals surface area contributed by atoms with Crippen LogP contribution in [0.15, 0.2) is 54.7 Å². The van der Waals surface area contributed by atoms with Crippen LogP contribution < -0.4 is 5.73 Å². The lowest BCUT2D eigenvalue weighted by Crippen LogP contribution is -2.48. The SMILES string of the molecule is Cc1ccc(Cc2ccccc2C(=O)N2CCCC3(CCc4cnc(N)nc43)C2)cc1. The molecule has 3 aromatic rings. The molecule has 1 amide bonds. The first kappa shape index (κ1) is 19.7.